The van der Waals surface area contributed by atoms with Gasteiger partial charge in [-0.3, -0.25) is 9.78 Å². The van der Waals surface area contributed by atoms with Gasteiger partial charge in [0.2, 0.25) is 0 Å². The number of aromatic nitrogens is 3. The lowest BCUT2D eigenvalue weighted by atomic mass is 9.94. The Labute approximate surface area is 169 Å². The number of nitrogens with two attached hydrogens (primary N) is 1. The minimum absolute atomic E-state index is 0.127. The summed E-state index contributed by atoms with van der Waals surface area (Å²) in [5.41, 5.74) is 7.60. The molecule has 1 saturated heterocycles. The van der Waals surface area contributed by atoms with E-state index in [1.54, 1.807) is 17.3 Å². The smallest absolute Gasteiger partial charge is 0.259 e. The number of anilines is 1. The van der Waals surface area contributed by atoms with E-state index in [2.05, 4.69) is 38.1 Å². The Kier molecular flexibility index (Phi) is 4.94. The molecule has 4 rings (SSSR count). The summed E-state index contributed by atoms with van der Waals surface area (Å²) < 4.78 is 13.9. The molecule has 1 aliphatic heterocycles. The molecule has 2 aromatic heterocycles. The zero-order valence-electron chi connectivity index (χ0n) is 16.7. The summed E-state index contributed by atoms with van der Waals surface area (Å²) in [7, 11) is 0. The Morgan fingerprint density at radius 1 is 1.21 bits per heavy atom. The van der Waals surface area contributed by atoms with Crippen LogP contribution in [0.2, 0.25) is 0 Å². The van der Waals surface area contributed by atoms with Gasteiger partial charge in [-0.15, -0.1) is 0 Å². The number of amides is 1. The molecule has 2 aromatic rings. The van der Waals surface area contributed by atoms with Crippen LogP contribution in [-0.4, -0.2) is 62.5 Å². The van der Waals surface area contributed by atoms with Crippen molar-refractivity contribution in [1.29, 1.82) is 0 Å². The molecule has 7 nitrogen and oxygen atoms in total. The lowest BCUT2D eigenvalue weighted by Gasteiger charge is -2.38. The van der Waals surface area contributed by atoms with Crippen LogP contribution in [-0.2, 0) is 4.79 Å². The maximum atomic E-state index is 13.9. The van der Waals surface area contributed by atoms with E-state index >= 15 is 0 Å². The van der Waals surface area contributed by atoms with Gasteiger partial charge in [0.15, 0.2) is 11.5 Å². The number of nitrogen functional groups attached to an aromatic ring is 1. The summed E-state index contributed by atoms with van der Waals surface area (Å²) in [4.78, 5) is 29.0. The molecule has 2 N–H and O–H groups in total. The molecule has 8 heteroatoms. The SMILES string of the molecule is CC(C)(F)C(=O)N1CCN(C2=CCC(c3cc4nccnc4c(N)n3)C=C2)CC1. The molecular formula is C21H25FN6O. The first-order valence-corrected chi connectivity index (χ1v) is 9.81. The summed E-state index contributed by atoms with van der Waals surface area (Å²) >= 11 is 0. The van der Waals surface area contributed by atoms with E-state index < -0.39 is 11.6 Å². The molecule has 0 spiro atoms. The van der Waals surface area contributed by atoms with Crippen molar-refractivity contribution in [3.05, 3.63) is 48.1 Å². The number of nitrogens with zero attached hydrogens (tertiary/aromatic N) is 5. The van der Waals surface area contributed by atoms with Crippen molar-refractivity contribution in [3.63, 3.8) is 0 Å². The zero-order valence-corrected chi connectivity index (χ0v) is 16.7. The van der Waals surface area contributed by atoms with E-state index in [1.165, 1.54) is 13.8 Å². The molecule has 1 aliphatic carbocycles. The Bertz CT molecular complexity index is 988. The van der Waals surface area contributed by atoms with E-state index in [1.807, 2.05) is 6.07 Å². The minimum Gasteiger partial charge on any atom is -0.382 e. The average molecular weight is 396 g/mol. The predicted octanol–water partition coefficient (Wildman–Crippen LogP) is 2.43. The molecule has 0 radical (unpaired) electrons. The molecule has 1 unspecified atom stereocenters. The van der Waals surface area contributed by atoms with Crippen molar-refractivity contribution < 1.29 is 9.18 Å². The van der Waals surface area contributed by atoms with Gasteiger partial charge in [0.25, 0.3) is 5.91 Å². The second kappa shape index (κ2) is 7.42. The Morgan fingerprint density at radius 3 is 2.59 bits per heavy atom. The summed E-state index contributed by atoms with van der Waals surface area (Å²) in [5, 5.41) is 0. The van der Waals surface area contributed by atoms with Gasteiger partial charge in [0.05, 0.1) is 11.2 Å². The van der Waals surface area contributed by atoms with Crippen molar-refractivity contribution in [2.45, 2.75) is 31.9 Å². The van der Waals surface area contributed by atoms with Crippen LogP contribution in [0.4, 0.5) is 10.2 Å². The molecule has 29 heavy (non-hydrogen) atoms. The number of rotatable bonds is 3. The molecule has 0 bridgehead atoms. The number of hydrogen-bond donors (Lipinski definition) is 1. The van der Waals surface area contributed by atoms with Gasteiger partial charge in [-0.1, -0.05) is 12.2 Å². The third kappa shape index (κ3) is 3.92. The molecule has 0 saturated carbocycles. The number of carbonyl (C=O) groups is 1. The Hall–Kier alpha value is -3.03. The van der Waals surface area contributed by atoms with E-state index in [-0.39, 0.29) is 5.92 Å². The third-order valence-corrected chi connectivity index (χ3v) is 5.40. The number of halogens is 1. The number of pyridine rings is 1. The summed E-state index contributed by atoms with van der Waals surface area (Å²) in [5.74, 6) is 0.0847. The maximum absolute atomic E-state index is 13.9. The van der Waals surface area contributed by atoms with E-state index in [0.717, 1.165) is 23.3 Å². The number of fused-ring (bicyclic) bond motifs is 1. The number of hydrogen-bond acceptors (Lipinski definition) is 6. The topological polar surface area (TPSA) is 88.2 Å². The number of allylic oxidation sites excluding steroid dienone is 3. The van der Waals surface area contributed by atoms with Crippen molar-refractivity contribution >= 4 is 22.8 Å². The first-order chi connectivity index (χ1) is 13.8. The maximum Gasteiger partial charge on any atom is 0.259 e. The number of carbonyl (C=O) groups excluding carboxylic acids is 1. The van der Waals surface area contributed by atoms with Crippen molar-refractivity contribution in [1.82, 2.24) is 24.8 Å². The molecule has 1 atom stereocenters. The van der Waals surface area contributed by atoms with Gasteiger partial charge >= 0.3 is 0 Å². The summed E-state index contributed by atoms with van der Waals surface area (Å²) in [6.45, 7) is 5.07. The molecular weight excluding hydrogens is 371 g/mol. The average Bonchev–Trinajstić information content (AvgIpc) is 2.73. The molecule has 152 valence electrons. The van der Waals surface area contributed by atoms with Crippen molar-refractivity contribution in [2.24, 2.45) is 0 Å². The van der Waals surface area contributed by atoms with E-state index in [9.17, 15) is 9.18 Å². The molecule has 3 heterocycles. The van der Waals surface area contributed by atoms with Crippen LogP contribution < -0.4 is 5.73 Å². The number of alkyl halides is 1. The van der Waals surface area contributed by atoms with Crippen LogP contribution in [0.1, 0.15) is 31.9 Å². The lowest BCUT2D eigenvalue weighted by Crippen LogP contribution is -2.52. The monoisotopic (exact) mass is 396 g/mol. The minimum atomic E-state index is -1.82. The lowest BCUT2D eigenvalue weighted by molar-refractivity contribution is -0.143. The quantitative estimate of drug-likeness (QED) is 0.857. The zero-order chi connectivity index (χ0) is 20.6. The molecule has 0 aromatic carbocycles. The summed E-state index contributed by atoms with van der Waals surface area (Å²) in [6.07, 6.45) is 10.5. The Morgan fingerprint density at radius 2 is 1.93 bits per heavy atom. The van der Waals surface area contributed by atoms with E-state index in [4.69, 9.17) is 5.73 Å². The van der Waals surface area contributed by atoms with Gasteiger partial charge in [-0.25, -0.2) is 14.4 Å². The fourth-order valence-corrected chi connectivity index (χ4v) is 3.81. The fraction of sp³-hybridized carbons (Fsp3) is 0.429. The van der Waals surface area contributed by atoms with Gasteiger partial charge in [-0.05, 0) is 32.4 Å². The highest BCUT2D eigenvalue weighted by Crippen LogP contribution is 2.30. The highest BCUT2D eigenvalue weighted by Gasteiger charge is 2.33. The van der Waals surface area contributed by atoms with Crippen molar-refractivity contribution in [3.8, 4) is 0 Å². The highest BCUT2D eigenvalue weighted by atomic mass is 19.1. The predicted molar refractivity (Wildman–Crippen MR) is 110 cm³/mol. The second-order valence-corrected chi connectivity index (χ2v) is 7.94. The molecule has 2 aliphatic rings. The van der Waals surface area contributed by atoms with Crippen LogP contribution in [0.3, 0.4) is 0 Å². The van der Waals surface area contributed by atoms with Gasteiger partial charge in [-0.2, -0.15) is 0 Å². The summed E-state index contributed by atoms with van der Waals surface area (Å²) in [6, 6.07) is 1.94. The fourth-order valence-electron chi connectivity index (χ4n) is 3.81. The van der Waals surface area contributed by atoms with Crippen LogP contribution in [0.25, 0.3) is 11.0 Å². The Balaban J connectivity index is 1.41. The third-order valence-electron chi connectivity index (χ3n) is 5.40. The normalized spacial score (nSPS) is 20.1. The first kappa shape index (κ1) is 19.3. The van der Waals surface area contributed by atoms with Gasteiger partial charge < -0.3 is 15.5 Å². The first-order valence-electron chi connectivity index (χ1n) is 9.81. The second-order valence-electron chi connectivity index (χ2n) is 7.94. The standard InChI is InChI=1S/C21H25FN6O/c1-21(2,22)20(29)28-11-9-27(10-12-28)15-5-3-14(4-6-15)16-13-17-18(19(23)26-16)25-8-7-24-17/h3,5-8,13-14H,4,9-12H2,1-2H3,(H2,23,26). The van der Waals surface area contributed by atoms with E-state index in [0.29, 0.717) is 37.5 Å². The van der Waals surface area contributed by atoms with Crippen LogP contribution in [0.5, 0.6) is 0 Å². The molecule has 1 amide bonds. The molecule has 1 fully saturated rings. The van der Waals surface area contributed by atoms with Crippen LogP contribution >= 0.6 is 0 Å². The largest absolute Gasteiger partial charge is 0.382 e. The van der Waals surface area contributed by atoms with Crippen LogP contribution in [0, 0.1) is 0 Å². The van der Waals surface area contributed by atoms with Gasteiger partial charge in [0.1, 0.15) is 5.52 Å². The van der Waals surface area contributed by atoms with Crippen LogP contribution in [0.15, 0.2) is 42.4 Å². The number of piperazine rings is 1. The highest BCUT2D eigenvalue weighted by molar-refractivity contribution is 5.84. The van der Waals surface area contributed by atoms with Crippen molar-refractivity contribution in [2.75, 3.05) is 31.9 Å². The van der Waals surface area contributed by atoms with Gasteiger partial charge in [0, 0.05) is 50.2 Å².